The van der Waals surface area contributed by atoms with Crippen molar-refractivity contribution in [2.24, 2.45) is 0 Å². The van der Waals surface area contributed by atoms with Crippen molar-refractivity contribution in [1.82, 2.24) is 10.6 Å². The highest BCUT2D eigenvalue weighted by Crippen LogP contribution is 2.19. The molecule has 1 aromatic carbocycles. The molecule has 2 N–H and O–H groups in total. The van der Waals surface area contributed by atoms with Gasteiger partial charge in [0, 0.05) is 37.8 Å². The minimum absolute atomic E-state index is 0.160. The third-order valence-electron chi connectivity index (χ3n) is 3.58. The Balaban J connectivity index is 1.75. The van der Waals surface area contributed by atoms with E-state index < -0.39 is 0 Å². The van der Waals surface area contributed by atoms with Gasteiger partial charge in [-0.05, 0) is 32.0 Å². The highest BCUT2D eigenvalue weighted by molar-refractivity contribution is 5.76. The van der Waals surface area contributed by atoms with Crippen LogP contribution in [0.15, 0.2) is 30.3 Å². The first kappa shape index (κ1) is 13.9. The molecule has 0 aromatic heterocycles. The lowest BCUT2D eigenvalue weighted by atomic mass is 10.0. The van der Waals surface area contributed by atoms with Crippen LogP contribution in [-0.2, 0) is 4.79 Å². The predicted molar refractivity (Wildman–Crippen MR) is 78.4 cm³/mol. The molecule has 1 heterocycles. The van der Waals surface area contributed by atoms with Crippen molar-refractivity contribution in [1.29, 1.82) is 0 Å². The molecule has 19 heavy (non-hydrogen) atoms. The first-order chi connectivity index (χ1) is 9.29. The zero-order valence-corrected chi connectivity index (χ0v) is 11.6. The minimum Gasteiger partial charge on any atom is -0.371 e. The summed E-state index contributed by atoms with van der Waals surface area (Å²) in [6, 6.07) is 10.8. The fourth-order valence-electron chi connectivity index (χ4n) is 2.46. The average Bonchev–Trinajstić information content (AvgIpc) is 2.47. The number of carbonyl (C=O) groups is 1. The molecule has 1 aliphatic rings. The second-order valence-corrected chi connectivity index (χ2v) is 5.02. The van der Waals surface area contributed by atoms with Gasteiger partial charge in [0.05, 0.1) is 0 Å². The van der Waals surface area contributed by atoms with Crippen LogP contribution in [0.4, 0.5) is 5.69 Å². The van der Waals surface area contributed by atoms with Gasteiger partial charge in [0.15, 0.2) is 0 Å². The number of carbonyl (C=O) groups excluding carboxylic acids is 1. The molecule has 0 bridgehead atoms. The van der Waals surface area contributed by atoms with Gasteiger partial charge in [-0.2, -0.15) is 0 Å². The zero-order valence-electron chi connectivity index (χ0n) is 11.6. The number of amides is 1. The quantitative estimate of drug-likeness (QED) is 0.841. The Bertz CT molecular complexity index is 386. The maximum absolute atomic E-state index is 11.7. The third-order valence-corrected chi connectivity index (χ3v) is 3.58. The van der Waals surface area contributed by atoms with Crippen LogP contribution in [0, 0.1) is 0 Å². The maximum atomic E-state index is 11.7. The topological polar surface area (TPSA) is 44.4 Å². The molecule has 1 saturated heterocycles. The van der Waals surface area contributed by atoms with E-state index in [9.17, 15) is 4.79 Å². The Morgan fingerprint density at radius 1 is 1.26 bits per heavy atom. The van der Waals surface area contributed by atoms with Gasteiger partial charge in [0.2, 0.25) is 5.91 Å². The number of nitrogens with zero attached hydrogens (tertiary/aromatic N) is 1. The van der Waals surface area contributed by atoms with Gasteiger partial charge < -0.3 is 15.5 Å². The number of rotatable bonds is 5. The number of hydrogen-bond donors (Lipinski definition) is 2. The summed E-state index contributed by atoms with van der Waals surface area (Å²) in [4.78, 5) is 14.0. The molecule has 1 aliphatic heterocycles. The van der Waals surface area contributed by atoms with E-state index in [-0.39, 0.29) is 5.91 Å². The van der Waals surface area contributed by atoms with Gasteiger partial charge in [-0.1, -0.05) is 18.2 Å². The smallest absolute Gasteiger partial charge is 0.221 e. The molecule has 104 valence electrons. The lowest BCUT2D eigenvalue weighted by Crippen LogP contribution is -2.45. The van der Waals surface area contributed by atoms with Gasteiger partial charge in [-0.3, -0.25) is 4.79 Å². The van der Waals surface area contributed by atoms with E-state index in [2.05, 4.69) is 39.8 Å². The molecule has 1 aromatic rings. The molecule has 4 nitrogen and oxygen atoms in total. The minimum atomic E-state index is 0.160. The van der Waals surface area contributed by atoms with Gasteiger partial charge in [0.25, 0.3) is 0 Å². The van der Waals surface area contributed by atoms with Crippen LogP contribution in [0.2, 0.25) is 0 Å². The maximum Gasteiger partial charge on any atom is 0.221 e. The van der Waals surface area contributed by atoms with E-state index in [0.29, 0.717) is 12.5 Å². The Morgan fingerprint density at radius 2 is 1.95 bits per heavy atom. The van der Waals surface area contributed by atoms with E-state index in [1.807, 2.05) is 13.1 Å². The van der Waals surface area contributed by atoms with E-state index in [0.717, 1.165) is 32.5 Å². The van der Waals surface area contributed by atoms with Crippen molar-refractivity contribution in [3.63, 3.8) is 0 Å². The predicted octanol–water partition coefficient (Wildman–Crippen LogP) is 1.38. The van der Waals surface area contributed by atoms with Crippen LogP contribution in [-0.4, -0.2) is 38.6 Å². The summed E-state index contributed by atoms with van der Waals surface area (Å²) in [5.41, 5.74) is 1.28. The molecule has 4 heteroatoms. The van der Waals surface area contributed by atoms with Crippen LogP contribution in [0.25, 0.3) is 0 Å². The SMILES string of the molecule is CNCCC(=O)NC1CCN(c2ccccc2)CC1. The third kappa shape index (κ3) is 4.24. The zero-order chi connectivity index (χ0) is 13.5. The lowest BCUT2D eigenvalue weighted by Gasteiger charge is -2.34. The van der Waals surface area contributed by atoms with Crippen molar-refractivity contribution in [2.45, 2.75) is 25.3 Å². The molecular weight excluding hydrogens is 238 g/mol. The lowest BCUT2D eigenvalue weighted by molar-refractivity contribution is -0.121. The van der Waals surface area contributed by atoms with Crippen molar-refractivity contribution in [3.05, 3.63) is 30.3 Å². The molecule has 2 rings (SSSR count). The Kier molecular flexibility index (Phi) is 5.21. The van der Waals surface area contributed by atoms with Crippen molar-refractivity contribution in [2.75, 3.05) is 31.6 Å². The first-order valence-electron chi connectivity index (χ1n) is 7.03. The van der Waals surface area contributed by atoms with Crippen LogP contribution >= 0.6 is 0 Å². The number of para-hydroxylation sites is 1. The fourth-order valence-corrected chi connectivity index (χ4v) is 2.46. The first-order valence-corrected chi connectivity index (χ1v) is 7.03. The normalized spacial score (nSPS) is 16.4. The van der Waals surface area contributed by atoms with E-state index in [1.54, 1.807) is 0 Å². The summed E-state index contributed by atoms with van der Waals surface area (Å²) in [7, 11) is 1.87. The highest BCUT2D eigenvalue weighted by atomic mass is 16.1. The van der Waals surface area contributed by atoms with Gasteiger partial charge in [-0.15, -0.1) is 0 Å². The summed E-state index contributed by atoms with van der Waals surface area (Å²) in [5.74, 6) is 0.160. The highest BCUT2D eigenvalue weighted by Gasteiger charge is 2.20. The average molecular weight is 261 g/mol. The molecule has 0 unspecified atom stereocenters. The number of hydrogen-bond acceptors (Lipinski definition) is 3. The van der Waals surface area contributed by atoms with Gasteiger partial charge >= 0.3 is 0 Å². The number of piperidine rings is 1. The Hall–Kier alpha value is -1.55. The Labute approximate surface area is 115 Å². The summed E-state index contributed by atoms with van der Waals surface area (Å²) in [6.45, 7) is 2.77. The molecule has 0 saturated carbocycles. The Morgan fingerprint density at radius 3 is 2.58 bits per heavy atom. The van der Waals surface area contributed by atoms with Crippen LogP contribution in [0.1, 0.15) is 19.3 Å². The molecule has 0 spiro atoms. The largest absolute Gasteiger partial charge is 0.371 e. The van der Waals surface area contributed by atoms with Crippen molar-refractivity contribution < 1.29 is 4.79 Å². The summed E-state index contributed by atoms with van der Waals surface area (Å²) < 4.78 is 0. The summed E-state index contributed by atoms with van der Waals surface area (Å²) in [5, 5.41) is 6.12. The number of nitrogens with one attached hydrogen (secondary N) is 2. The standard InChI is InChI=1S/C15H23N3O/c1-16-10-7-15(19)17-13-8-11-18(12-9-13)14-5-3-2-4-6-14/h2-6,13,16H,7-12H2,1H3,(H,17,19). The van der Waals surface area contributed by atoms with Gasteiger partial charge in [-0.25, -0.2) is 0 Å². The van der Waals surface area contributed by atoms with Crippen LogP contribution in [0.3, 0.4) is 0 Å². The van der Waals surface area contributed by atoms with Gasteiger partial charge in [0.1, 0.15) is 0 Å². The second kappa shape index (κ2) is 7.14. The van der Waals surface area contributed by atoms with Crippen LogP contribution < -0.4 is 15.5 Å². The van der Waals surface area contributed by atoms with Crippen molar-refractivity contribution in [3.8, 4) is 0 Å². The molecule has 0 radical (unpaired) electrons. The van der Waals surface area contributed by atoms with E-state index in [1.165, 1.54) is 5.69 Å². The summed E-state index contributed by atoms with van der Waals surface area (Å²) >= 11 is 0. The van der Waals surface area contributed by atoms with Crippen molar-refractivity contribution >= 4 is 11.6 Å². The second-order valence-electron chi connectivity index (χ2n) is 5.02. The summed E-state index contributed by atoms with van der Waals surface area (Å²) in [6.07, 6.45) is 2.62. The number of anilines is 1. The molecule has 0 aliphatic carbocycles. The molecular formula is C15H23N3O. The number of benzene rings is 1. The van der Waals surface area contributed by atoms with Crippen LogP contribution in [0.5, 0.6) is 0 Å². The molecule has 1 fully saturated rings. The molecule has 1 amide bonds. The molecule has 0 atom stereocenters. The monoisotopic (exact) mass is 261 g/mol. The van der Waals surface area contributed by atoms with E-state index >= 15 is 0 Å². The fraction of sp³-hybridized carbons (Fsp3) is 0.533. The van der Waals surface area contributed by atoms with E-state index in [4.69, 9.17) is 0 Å².